The van der Waals surface area contributed by atoms with Gasteiger partial charge in [-0.3, -0.25) is 19.2 Å². The minimum Gasteiger partial charge on any atom is -0.456 e. The first-order chi connectivity index (χ1) is 14.0. The van der Waals surface area contributed by atoms with Crippen LogP contribution in [0.3, 0.4) is 0 Å². The van der Waals surface area contributed by atoms with Crippen LogP contribution in [-0.2, 0) is 25.7 Å². The van der Waals surface area contributed by atoms with Crippen LogP contribution in [0.1, 0.15) is 34.5 Å². The maximum atomic E-state index is 13.4. The van der Waals surface area contributed by atoms with E-state index in [1.165, 1.54) is 23.5 Å². The number of Topliss-reactive ketones (excluding diaryl/α,β-unsaturated/α-hetero) is 1. The van der Waals surface area contributed by atoms with Crippen molar-refractivity contribution in [3.63, 3.8) is 0 Å². The Morgan fingerprint density at radius 3 is 2.45 bits per heavy atom. The Labute approximate surface area is 171 Å². The van der Waals surface area contributed by atoms with Crippen LogP contribution in [0.25, 0.3) is 0 Å². The van der Waals surface area contributed by atoms with E-state index < -0.39 is 24.3 Å². The van der Waals surface area contributed by atoms with Crippen LogP contribution >= 0.6 is 11.3 Å². The Balaban J connectivity index is 1.54. The number of ketones is 1. The molecule has 0 spiro atoms. The SMILES string of the molecule is O=C(CCC(=O)c1cccs1)NCCC(=O)OCC(=O)NCc1ccccc1F. The van der Waals surface area contributed by atoms with Crippen molar-refractivity contribution >= 4 is 34.9 Å². The lowest BCUT2D eigenvalue weighted by Crippen LogP contribution is -2.30. The predicted octanol–water partition coefficient (Wildman–Crippen LogP) is 2.22. The number of ether oxygens (including phenoxy) is 1. The molecule has 0 aliphatic rings. The second-order valence-corrected chi connectivity index (χ2v) is 6.98. The van der Waals surface area contributed by atoms with Gasteiger partial charge < -0.3 is 15.4 Å². The number of nitrogens with one attached hydrogen (secondary N) is 2. The molecule has 9 heteroatoms. The van der Waals surface area contributed by atoms with Crippen LogP contribution < -0.4 is 10.6 Å². The van der Waals surface area contributed by atoms with E-state index in [4.69, 9.17) is 4.74 Å². The highest BCUT2D eigenvalue weighted by molar-refractivity contribution is 7.12. The van der Waals surface area contributed by atoms with Gasteiger partial charge in [0.25, 0.3) is 5.91 Å². The third kappa shape index (κ3) is 8.22. The third-order valence-electron chi connectivity index (χ3n) is 3.82. The molecule has 2 rings (SSSR count). The van der Waals surface area contributed by atoms with Crippen LogP contribution in [0.2, 0.25) is 0 Å². The molecule has 0 atom stereocenters. The van der Waals surface area contributed by atoms with E-state index in [9.17, 15) is 23.6 Å². The summed E-state index contributed by atoms with van der Waals surface area (Å²) >= 11 is 1.32. The molecule has 0 unspecified atom stereocenters. The molecule has 2 aromatic rings. The number of rotatable bonds is 11. The first-order valence-electron chi connectivity index (χ1n) is 8.95. The highest BCUT2D eigenvalue weighted by Gasteiger charge is 2.12. The van der Waals surface area contributed by atoms with E-state index in [1.807, 2.05) is 0 Å². The lowest BCUT2D eigenvalue weighted by molar-refractivity contribution is -0.148. The Hall–Kier alpha value is -3.07. The number of carbonyl (C=O) groups is 4. The third-order valence-corrected chi connectivity index (χ3v) is 4.74. The highest BCUT2D eigenvalue weighted by atomic mass is 32.1. The van der Waals surface area contributed by atoms with E-state index in [0.29, 0.717) is 10.4 Å². The summed E-state index contributed by atoms with van der Waals surface area (Å²) in [4.78, 5) is 47.4. The standard InChI is InChI=1S/C20H21FN2O5S/c21-15-5-2-1-4-14(15)12-23-19(26)13-28-20(27)9-10-22-18(25)8-7-16(24)17-6-3-11-29-17/h1-6,11H,7-10,12-13H2,(H,22,25)(H,23,26). The fourth-order valence-corrected chi connectivity index (χ4v) is 2.98. The van der Waals surface area contributed by atoms with E-state index in [-0.39, 0.29) is 44.0 Å². The quantitative estimate of drug-likeness (QED) is 0.429. The zero-order chi connectivity index (χ0) is 21.1. The maximum Gasteiger partial charge on any atom is 0.308 e. The van der Waals surface area contributed by atoms with Gasteiger partial charge in [0.2, 0.25) is 5.91 Å². The Kier molecular flexibility index (Phi) is 8.97. The Morgan fingerprint density at radius 1 is 0.931 bits per heavy atom. The van der Waals surface area contributed by atoms with Crippen molar-refractivity contribution in [1.29, 1.82) is 0 Å². The van der Waals surface area contributed by atoms with Crippen molar-refractivity contribution in [3.05, 3.63) is 58.0 Å². The summed E-state index contributed by atoms with van der Waals surface area (Å²) < 4.78 is 18.2. The number of carbonyl (C=O) groups excluding carboxylic acids is 4. The van der Waals surface area contributed by atoms with Gasteiger partial charge in [-0.15, -0.1) is 11.3 Å². The van der Waals surface area contributed by atoms with Crippen molar-refractivity contribution in [2.45, 2.75) is 25.8 Å². The number of benzene rings is 1. The number of thiophene rings is 1. The van der Waals surface area contributed by atoms with Gasteiger partial charge in [0, 0.05) is 31.5 Å². The van der Waals surface area contributed by atoms with Gasteiger partial charge in [-0.1, -0.05) is 24.3 Å². The Bertz CT molecular complexity index is 854. The normalized spacial score (nSPS) is 10.2. The molecule has 29 heavy (non-hydrogen) atoms. The summed E-state index contributed by atoms with van der Waals surface area (Å²) in [6.07, 6.45) is 0.0222. The van der Waals surface area contributed by atoms with Crippen LogP contribution in [0.5, 0.6) is 0 Å². The summed E-state index contributed by atoms with van der Waals surface area (Å²) in [6, 6.07) is 9.49. The minimum absolute atomic E-state index is 0.0106. The molecule has 1 heterocycles. The van der Waals surface area contributed by atoms with Gasteiger partial charge in [-0.25, -0.2) is 4.39 Å². The minimum atomic E-state index is -0.652. The van der Waals surface area contributed by atoms with Crippen LogP contribution in [0, 0.1) is 5.82 Å². The Morgan fingerprint density at radius 2 is 1.72 bits per heavy atom. The van der Waals surface area contributed by atoms with E-state index in [1.54, 1.807) is 29.6 Å². The number of esters is 1. The molecule has 0 radical (unpaired) electrons. The molecule has 0 aliphatic carbocycles. The molecule has 1 aromatic carbocycles. The number of halogens is 1. The maximum absolute atomic E-state index is 13.4. The topological polar surface area (TPSA) is 102 Å². The average Bonchev–Trinajstić information content (AvgIpc) is 3.25. The average molecular weight is 420 g/mol. The summed E-state index contributed by atoms with van der Waals surface area (Å²) in [5.41, 5.74) is 0.326. The molecule has 7 nitrogen and oxygen atoms in total. The number of hydrogen-bond acceptors (Lipinski definition) is 6. The molecule has 1 aromatic heterocycles. The van der Waals surface area contributed by atoms with Crippen molar-refractivity contribution < 1.29 is 28.3 Å². The van der Waals surface area contributed by atoms with Crippen LogP contribution in [-0.4, -0.2) is 36.7 Å². The van der Waals surface area contributed by atoms with Gasteiger partial charge in [0.05, 0.1) is 11.3 Å². The smallest absolute Gasteiger partial charge is 0.308 e. The lowest BCUT2D eigenvalue weighted by atomic mass is 10.2. The molecular weight excluding hydrogens is 399 g/mol. The molecule has 2 N–H and O–H groups in total. The zero-order valence-corrected chi connectivity index (χ0v) is 16.4. The van der Waals surface area contributed by atoms with E-state index in [0.717, 1.165) is 0 Å². The molecule has 0 aliphatic heterocycles. The molecule has 0 saturated heterocycles. The molecular formula is C20H21FN2O5S. The predicted molar refractivity (Wildman–Crippen MR) is 105 cm³/mol. The molecule has 0 saturated carbocycles. The summed E-state index contributed by atoms with van der Waals surface area (Å²) in [5.74, 6) is -2.09. The van der Waals surface area contributed by atoms with Gasteiger partial charge in [-0.05, 0) is 17.5 Å². The lowest BCUT2D eigenvalue weighted by Gasteiger charge is -2.08. The van der Waals surface area contributed by atoms with Gasteiger partial charge in [0.1, 0.15) is 5.82 Å². The molecule has 0 bridgehead atoms. The van der Waals surface area contributed by atoms with Crippen molar-refractivity contribution in [2.24, 2.45) is 0 Å². The monoisotopic (exact) mass is 420 g/mol. The first-order valence-corrected chi connectivity index (χ1v) is 9.83. The largest absolute Gasteiger partial charge is 0.456 e. The van der Waals surface area contributed by atoms with E-state index >= 15 is 0 Å². The van der Waals surface area contributed by atoms with E-state index in [2.05, 4.69) is 10.6 Å². The molecule has 0 fully saturated rings. The van der Waals surface area contributed by atoms with Crippen molar-refractivity contribution in [2.75, 3.05) is 13.2 Å². The number of hydrogen-bond donors (Lipinski definition) is 2. The van der Waals surface area contributed by atoms with Crippen LogP contribution in [0.4, 0.5) is 4.39 Å². The van der Waals surface area contributed by atoms with Crippen molar-refractivity contribution in [3.8, 4) is 0 Å². The summed E-state index contributed by atoms with van der Waals surface area (Å²) in [6.45, 7) is -0.457. The summed E-state index contributed by atoms with van der Waals surface area (Å²) in [7, 11) is 0. The summed E-state index contributed by atoms with van der Waals surface area (Å²) in [5, 5.41) is 6.77. The zero-order valence-electron chi connectivity index (χ0n) is 15.6. The second-order valence-electron chi connectivity index (χ2n) is 6.03. The fourth-order valence-electron chi connectivity index (χ4n) is 2.28. The fraction of sp³-hybridized carbons (Fsp3) is 0.300. The van der Waals surface area contributed by atoms with Gasteiger partial charge >= 0.3 is 5.97 Å². The van der Waals surface area contributed by atoms with Crippen molar-refractivity contribution in [1.82, 2.24) is 10.6 Å². The second kappa shape index (κ2) is 11.7. The molecule has 2 amide bonds. The highest BCUT2D eigenvalue weighted by Crippen LogP contribution is 2.12. The molecule has 154 valence electrons. The first kappa shape index (κ1) is 22.2. The van der Waals surface area contributed by atoms with Crippen LogP contribution in [0.15, 0.2) is 41.8 Å². The van der Waals surface area contributed by atoms with Gasteiger partial charge in [-0.2, -0.15) is 0 Å². The van der Waals surface area contributed by atoms with Gasteiger partial charge in [0.15, 0.2) is 12.4 Å². The number of amides is 2.